The van der Waals surface area contributed by atoms with E-state index in [9.17, 15) is 4.79 Å². The molecule has 3 aromatic carbocycles. The number of thioether (sulfide) groups is 1. The Balaban J connectivity index is 1.40. The van der Waals surface area contributed by atoms with Crippen molar-refractivity contribution in [2.24, 2.45) is 0 Å². The summed E-state index contributed by atoms with van der Waals surface area (Å²) in [6.07, 6.45) is -0.535. The molecule has 27 heavy (non-hydrogen) atoms. The third kappa shape index (κ3) is 5.91. The van der Waals surface area contributed by atoms with Gasteiger partial charge in [0.25, 0.3) is 5.91 Å². The molecule has 0 saturated carbocycles. The maximum Gasteiger partial charge on any atom is 0.260 e. The summed E-state index contributed by atoms with van der Waals surface area (Å²) >= 11 is 7.65. The molecule has 0 spiro atoms. The van der Waals surface area contributed by atoms with Crippen LogP contribution in [0.1, 0.15) is 12.5 Å². The molecule has 0 saturated heterocycles. The van der Waals surface area contributed by atoms with E-state index in [0.717, 1.165) is 27.3 Å². The predicted molar refractivity (Wildman–Crippen MR) is 115 cm³/mol. The normalized spacial score (nSPS) is 11.9. The molecule has 3 rings (SSSR count). The van der Waals surface area contributed by atoms with Gasteiger partial charge < -0.3 is 10.1 Å². The summed E-state index contributed by atoms with van der Waals surface area (Å²) in [5.41, 5.74) is 1.23. The third-order valence-corrected chi connectivity index (χ3v) is 5.41. The molecule has 0 fully saturated rings. The van der Waals surface area contributed by atoms with Crippen molar-refractivity contribution in [3.05, 3.63) is 77.3 Å². The van der Waals surface area contributed by atoms with Gasteiger partial charge in [0.15, 0.2) is 6.10 Å². The number of carbonyl (C=O) groups excluding carboxylic acids is 1. The summed E-state index contributed by atoms with van der Waals surface area (Å²) < 4.78 is 5.79. The third-order valence-electron chi connectivity index (χ3n) is 4.13. The zero-order valence-electron chi connectivity index (χ0n) is 15.2. The van der Waals surface area contributed by atoms with Crippen LogP contribution < -0.4 is 10.1 Å². The monoisotopic (exact) mass is 399 g/mol. The molecule has 0 radical (unpaired) electrons. The molecule has 0 aromatic heterocycles. The van der Waals surface area contributed by atoms with Crippen LogP contribution in [-0.4, -0.2) is 24.3 Å². The first kappa shape index (κ1) is 19.6. The van der Waals surface area contributed by atoms with E-state index >= 15 is 0 Å². The largest absolute Gasteiger partial charge is 0.481 e. The maximum absolute atomic E-state index is 12.2. The second kappa shape index (κ2) is 9.67. The van der Waals surface area contributed by atoms with Crippen LogP contribution in [-0.2, 0) is 10.5 Å². The summed E-state index contributed by atoms with van der Waals surface area (Å²) in [6, 6.07) is 21.8. The minimum Gasteiger partial charge on any atom is -0.481 e. The van der Waals surface area contributed by atoms with Crippen molar-refractivity contribution in [2.45, 2.75) is 18.8 Å². The average molecular weight is 400 g/mol. The Bertz CT molecular complexity index is 898. The molecule has 3 nitrogen and oxygen atoms in total. The number of carbonyl (C=O) groups is 1. The number of rotatable bonds is 8. The van der Waals surface area contributed by atoms with Crippen LogP contribution in [0.2, 0.25) is 5.02 Å². The SMILES string of the molecule is C[C@H](Oc1ccc2ccccc2c1)C(=O)NCCSCc1ccc(Cl)cc1. The van der Waals surface area contributed by atoms with Gasteiger partial charge in [-0.2, -0.15) is 11.8 Å². The fraction of sp³-hybridized carbons (Fsp3) is 0.227. The molecular weight excluding hydrogens is 378 g/mol. The van der Waals surface area contributed by atoms with Gasteiger partial charge in [0, 0.05) is 23.1 Å². The number of nitrogens with one attached hydrogen (secondary N) is 1. The highest BCUT2D eigenvalue weighted by atomic mass is 35.5. The van der Waals surface area contributed by atoms with Crippen molar-refractivity contribution < 1.29 is 9.53 Å². The van der Waals surface area contributed by atoms with E-state index in [1.807, 2.05) is 60.7 Å². The Morgan fingerprint density at radius 1 is 1.07 bits per heavy atom. The average Bonchev–Trinajstić information content (AvgIpc) is 2.69. The smallest absolute Gasteiger partial charge is 0.260 e. The van der Waals surface area contributed by atoms with Crippen molar-refractivity contribution >= 4 is 40.0 Å². The number of benzene rings is 3. The molecule has 0 unspecified atom stereocenters. The molecule has 5 heteroatoms. The van der Waals surface area contributed by atoms with Crippen LogP contribution in [0.5, 0.6) is 5.75 Å². The van der Waals surface area contributed by atoms with E-state index in [4.69, 9.17) is 16.3 Å². The first-order chi connectivity index (χ1) is 13.1. The van der Waals surface area contributed by atoms with Crippen LogP contribution in [0, 0.1) is 0 Å². The van der Waals surface area contributed by atoms with Crippen molar-refractivity contribution in [3.8, 4) is 5.75 Å². The van der Waals surface area contributed by atoms with Gasteiger partial charge in [0.2, 0.25) is 0 Å². The lowest BCUT2D eigenvalue weighted by Crippen LogP contribution is -2.37. The first-order valence-corrected chi connectivity index (χ1v) is 10.4. The second-order valence-corrected chi connectivity index (χ2v) is 7.78. The lowest BCUT2D eigenvalue weighted by molar-refractivity contribution is -0.127. The highest BCUT2D eigenvalue weighted by molar-refractivity contribution is 7.98. The summed E-state index contributed by atoms with van der Waals surface area (Å²) in [4.78, 5) is 12.2. The molecule has 3 aromatic rings. The number of halogens is 1. The predicted octanol–water partition coefficient (Wildman–Crippen LogP) is 5.31. The summed E-state index contributed by atoms with van der Waals surface area (Å²) in [5.74, 6) is 2.34. The van der Waals surface area contributed by atoms with Crippen molar-refractivity contribution in [1.82, 2.24) is 5.32 Å². The fourth-order valence-electron chi connectivity index (χ4n) is 2.66. The molecule has 0 aliphatic heterocycles. The second-order valence-electron chi connectivity index (χ2n) is 6.24. The minimum atomic E-state index is -0.535. The van der Waals surface area contributed by atoms with Gasteiger partial charge in [-0.05, 0) is 47.5 Å². The van der Waals surface area contributed by atoms with E-state index in [1.165, 1.54) is 5.56 Å². The van der Waals surface area contributed by atoms with Crippen LogP contribution in [0.25, 0.3) is 10.8 Å². The summed E-state index contributed by atoms with van der Waals surface area (Å²) in [5, 5.41) is 5.93. The molecule has 140 valence electrons. The minimum absolute atomic E-state index is 0.102. The zero-order chi connectivity index (χ0) is 19.1. The zero-order valence-corrected chi connectivity index (χ0v) is 16.7. The van der Waals surface area contributed by atoms with Crippen molar-refractivity contribution in [1.29, 1.82) is 0 Å². The van der Waals surface area contributed by atoms with Gasteiger partial charge in [0.1, 0.15) is 5.75 Å². The van der Waals surface area contributed by atoms with Gasteiger partial charge in [0.05, 0.1) is 0 Å². The fourth-order valence-corrected chi connectivity index (χ4v) is 3.60. The summed E-state index contributed by atoms with van der Waals surface area (Å²) in [7, 11) is 0. The van der Waals surface area contributed by atoms with Crippen LogP contribution in [0.4, 0.5) is 0 Å². The van der Waals surface area contributed by atoms with Gasteiger partial charge in [-0.3, -0.25) is 4.79 Å². The van der Waals surface area contributed by atoms with E-state index in [1.54, 1.807) is 18.7 Å². The number of ether oxygens (including phenoxy) is 1. The maximum atomic E-state index is 12.2. The van der Waals surface area contributed by atoms with Gasteiger partial charge in [-0.1, -0.05) is 54.1 Å². The van der Waals surface area contributed by atoms with Crippen molar-refractivity contribution in [2.75, 3.05) is 12.3 Å². The Morgan fingerprint density at radius 2 is 1.81 bits per heavy atom. The van der Waals surface area contributed by atoms with Crippen LogP contribution in [0.15, 0.2) is 66.7 Å². The van der Waals surface area contributed by atoms with E-state index in [2.05, 4.69) is 11.4 Å². The topological polar surface area (TPSA) is 38.3 Å². The Kier molecular flexibility index (Phi) is 7.02. The first-order valence-electron chi connectivity index (χ1n) is 8.87. The number of fused-ring (bicyclic) bond motifs is 1. The lowest BCUT2D eigenvalue weighted by Gasteiger charge is -2.15. The molecule has 0 heterocycles. The molecule has 0 aliphatic carbocycles. The Labute approximate surface area is 169 Å². The molecule has 1 atom stereocenters. The van der Waals surface area contributed by atoms with Crippen LogP contribution in [0.3, 0.4) is 0 Å². The quantitative estimate of drug-likeness (QED) is 0.521. The van der Waals surface area contributed by atoms with Gasteiger partial charge >= 0.3 is 0 Å². The molecule has 0 aliphatic rings. The molecule has 1 N–H and O–H groups in total. The van der Waals surface area contributed by atoms with Gasteiger partial charge in [-0.15, -0.1) is 0 Å². The molecular formula is C22H22ClNO2S. The number of hydrogen-bond acceptors (Lipinski definition) is 3. The van der Waals surface area contributed by atoms with Crippen molar-refractivity contribution in [3.63, 3.8) is 0 Å². The highest BCUT2D eigenvalue weighted by Crippen LogP contribution is 2.21. The van der Waals surface area contributed by atoms with E-state index < -0.39 is 6.10 Å². The number of hydrogen-bond donors (Lipinski definition) is 1. The Hall–Kier alpha value is -2.17. The van der Waals surface area contributed by atoms with E-state index in [-0.39, 0.29) is 5.91 Å². The van der Waals surface area contributed by atoms with Crippen LogP contribution >= 0.6 is 23.4 Å². The standard InChI is InChI=1S/C22H22ClNO2S/c1-16(26-21-11-8-18-4-2-3-5-19(18)14-21)22(25)24-12-13-27-15-17-6-9-20(23)10-7-17/h2-11,14,16H,12-13,15H2,1H3,(H,24,25)/t16-/m0/s1. The summed E-state index contributed by atoms with van der Waals surface area (Å²) in [6.45, 7) is 2.38. The highest BCUT2D eigenvalue weighted by Gasteiger charge is 2.14. The van der Waals surface area contributed by atoms with Gasteiger partial charge in [-0.25, -0.2) is 0 Å². The molecule has 1 amide bonds. The number of amides is 1. The Morgan fingerprint density at radius 3 is 2.59 bits per heavy atom. The molecule has 0 bridgehead atoms. The lowest BCUT2D eigenvalue weighted by atomic mass is 10.1. The van der Waals surface area contributed by atoms with E-state index in [0.29, 0.717) is 12.3 Å².